The van der Waals surface area contributed by atoms with Gasteiger partial charge >= 0.3 is 8.80 Å². The summed E-state index contributed by atoms with van der Waals surface area (Å²) in [6.07, 6.45) is 24.3. The quantitative estimate of drug-likeness (QED) is 0.383. The SMILES string of the molecule is C[Si](OCC1CC=CCC1)(OCC1CC=CCC1)OCC1CC=CCC1. The zero-order chi connectivity index (χ0) is 18.1. The highest BCUT2D eigenvalue weighted by Gasteiger charge is 2.37. The van der Waals surface area contributed by atoms with Crippen LogP contribution in [-0.2, 0) is 13.3 Å². The van der Waals surface area contributed by atoms with Gasteiger partial charge in [0.1, 0.15) is 0 Å². The predicted octanol–water partition coefficient (Wildman–Crippen LogP) is 5.67. The average molecular weight is 377 g/mol. The first kappa shape index (κ1) is 20.1. The monoisotopic (exact) mass is 376 g/mol. The van der Waals surface area contributed by atoms with E-state index >= 15 is 0 Å². The van der Waals surface area contributed by atoms with Crippen LogP contribution in [0, 0.1) is 17.8 Å². The fourth-order valence-electron chi connectivity index (χ4n) is 3.96. The lowest BCUT2D eigenvalue weighted by molar-refractivity contribution is 0.0315. The smallest absolute Gasteiger partial charge is 0.373 e. The van der Waals surface area contributed by atoms with Gasteiger partial charge in [-0.05, 0) is 75.5 Å². The Morgan fingerprint density at radius 3 is 1.23 bits per heavy atom. The second kappa shape index (κ2) is 10.6. The molecule has 0 N–H and O–H groups in total. The minimum atomic E-state index is -2.57. The summed E-state index contributed by atoms with van der Waals surface area (Å²) in [5.74, 6) is 1.86. The molecule has 3 aliphatic rings. The van der Waals surface area contributed by atoms with Crippen molar-refractivity contribution < 1.29 is 13.3 Å². The van der Waals surface area contributed by atoms with Crippen LogP contribution in [0.5, 0.6) is 0 Å². The molecular formula is C22H36O3Si. The second-order valence-corrected chi connectivity index (χ2v) is 10.8. The maximum absolute atomic E-state index is 6.38. The molecule has 0 amide bonds. The van der Waals surface area contributed by atoms with Crippen molar-refractivity contribution in [3.8, 4) is 0 Å². The third-order valence-corrected chi connectivity index (χ3v) is 7.95. The molecular weight excluding hydrogens is 340 g/mol. The standard InChI is InChI=1S/C22H36O3Si/c1-26(23-17-20-11-5-2-6-12-20,24-18-21-13-7-3-8-14-21)25-19-22-15-9-4-10-16-22/h2-5,7,9,20-22H,6,8,10-19H2,1H3. The van der Waals surface area contributed by atoms with E-state index in [-0.39, 0.29) is 0 Å². The molecule has 3 rings (SSSR count). The van der Waals surface area contributed by atoms with Gasteiger partial charge < -0.3 is 13.3 Å². The minimum absolute atomic E-state index is 0.620. The summed E-state index contributed by atoms with van der Waals surface area (Å²) in [5, 5.41) is 0. The van der Waals surface area contributed by atoms with Gasteiger partial charge in [0.05, 0.1) is 0 Å². The van der Waals surface area contributed by atoms with Crippen molar-refractivity contribution in [2.75, 3.05) is 19.8 Å². The van der Waals surface area contributed by atoms with Gasteiger partial charge in [-0.15, -0.1) is 0 Å². The van der Waals surface area contributed by atoms with E-state index in [1.165, 1.54) is 38.5 Å². The van der Waals surface area contributed by atoms with Crippen LogP contribution in [0.4, 0.5) is 0 Å². The van der Waals surface area contributed by atoms with Crippen LogP contribution < -0.4 is 0 Å². The summed E-state index contributed by atoms with van der Waals surface area (Å²) in [7, 11) is -2.57. The Kier molecular flexibility index (Phi) is 8.18. The van der Waals surface area contributed by atoms with Gasteiger partial charge in [0, 0.05) is 26.4 Å². The van der Waals surface area contributed by atoms with Crippen molar-refractivity contribution in [1.29, 1.82) is 0 Å². The Bertz CT molecular complexity index is 430. The lowest BCUT2D eigenvalue weighted by Crippen LogP contribution is -2.46. The Morgan fingerprint density at radius 1 is 0.615 bits per heavy atom. The molecule has 0 aromatic heterocycles. The van der Waals surface area contributed by atoms with Crippen LogP contribution in [0.2, 0.25) is 6.55 Å². The van der Waals surface area contributed by atoms with E-state index in [0.717, 1.165) is 39.1 Å². The molecule has 0 fully saturated rings. The summed E-state index contributed by atoms with van der Waals surface area (Å²) < 4.78 is 19.1. The van der Waals surface area contributed by atoms with Crippen LogP contribution in [-0.4, -0.2) is 28.6 Å². The Labute approximate surface area is 160 Å². The van der Waals surface area contributed by atoms with E-state index in [9.17, 15) is 0 Å². The van der Waals surface area contributed by atoms with Crippen molar-refractivity contribution in [3.05, 3.63) is 36.5 Å². The van der Waals surface area contributed by atoms with Gasteiger partial charge in [0.2, 0.25) is 0 Å². The highest BCUT2D eigenvalue weighted by atomic mass is 28.4. The Morgan fingerprint density at radius 2 is 0.962 bits per heavy atom. The molecule has 0 saturated carbocycles. The van der Waals surface area contributed by atoms with Gasteiger partial charge in [-0.3, -0.25) is 0 Å². The normalized spacial score (nSPS) is 31.0. The fourth-order valence-corrected chi connectivity index (χ4v) is 5.82. The van der Waals surface area contributed by atoms with E-state index in [2.05, 4.69) is 43.0 Å². The second-order valence-electron chi connectivity index (χ2n) is 8.25. The predicted molar refractivity (Wildman–Crippen MR) is 109 cm³/mol. The number of hydrogen-bond donors (Lipinski definition) is 0. The molecule has 0 radical (unpaired) electrons. The summed E-state index contributed by atoms with van der Waals surface area (Å²) in [5.41, 5.74) is 0. The molecule has 4 heteroatoms. The first-order valence-corrected chi connectivity index (χ1v) is 12.8. The summed E-state index contributed by atoms with van der Waals surface area (Å²) in [4.78, 5) is 0. The van der Waals surface area contributed by atoms with Crippen LogP contribution in [0.1, 0.15) is 57.8 Å². The molecule has 0 aromatic carbocycles. The molecule has 0 saturated heterocycles. The number of rotatable bonds is 9. The van der Waals surface area contributed by atoms with E-state index < -0.39 is 8.80 Å². The lowest BCUT2D eigenvalue weighted by Gasteiger charge is -2.32. The zero-order valence-corrected chi connectivity index (χ0v) is 17.4. The van der Waals surface area contributed by atoms with E-state index in [1.807, 2.05) is 0 Å². The van der Waals surface area contributed by atoms with Gasteiger partial charge in [0.25, 0.3) is 0 Å². The van der Waals surface area contributed by atoms with E-state index in [0.29, 0.717) is 17.8 Å². The summed E-state index contributed by atoms with van der Waals surface area (Å²) in [6.45, 7) is 4.45. The Balaban J connectivity index is 1.50. The van der Waals surface area contributed by atoms with Gasteiger partial charge in [0.15, 0.2) is 0 Å². The van der Waals surface area contributed by atoms with Crippen molar-refractivity contribution in [3.63, 3.8) is 0 Å². The van der Waals surface area contributed by atoms with Gasteiger partial charge in [-0.25, -0.2) is 0 Å². The fraction of sp³-hybridized carbons (Fsp3) is 0.727. The molecule has 3 aliphatic carbocycles. The third kappa shape index (κ3) is 6.80. The van der Waals surface area contributed by atoms with E-state index in [1.54, 1.807) is 0 Å². The molecule has 26 heavy (non-hydrogen) atoms. The molecule has 0 spiro atoms. The highest BCUT2D eigenvalue weighted by Crippen LogP contribution is 2.25. The van der Waals surface area contributed by atoms with Crippen molar-refractivity contribution >= 4 is 8.80 Å². The molecule has 0 heterocycles. The maximum atomic E-state index is 6.38. The van der Waals surface area contributed by atoms with Gasteiger partial charge in [-0.1, -0.05) is 36.5 Å². The van der Waals surface area contributed by atoms with Gasteiger partial charge in [-0.2, -0.15) is 0 Å². The third-order valence-electron chi connectivity index (χ3n) is 5.88. The zero-order valence-electron chi connectivity index (χ0n) is 16.4. The first-order valence-electron chi connectivity index (χ1n) is 10.6. The molecule has 0 aromatic rings. The number of allylic oxidation sites excluding steroid dienone is 6. The molecule has 3 nitrogen and oxygen atoms in total. The average Bonchev–Trinajstić information content (AvgIpc) is 2.72. The Hall–Kier alpha value is -0.683. The molecule has 0 aliphatic heterocycles. The van der Waals surface area contributed by atoms with Crippen molar-refractivity contribution in [2.24, 2.45) is 17.8 Å². The molecule has 3 atom stereocenters. The van der Waals surface area contributed by atoms with Crippen LogP contribution in [0.15, 0.2) is 36.5 Å². The van der Waals surface area contributed by atoms with Crippen LogP contribution in [0.3, 0.4) is 0 Å². The van der Waals surface area contributed by atoms with Crippen LogP contribution >= 0.6 is 0 Å². The highest BCUT2D eigenvalue weighted by molar-refractivity contribution is 6.59. The molecule has 0 bridgehead atoms. The van der Waals surface area contributed by atoms with Crippen molar-refractivity contribution in [1.82, 2.24) is 0 Å². The minimum Gasteiger partial charge on any atom is -0.373 e. The largest absolute Gasteiger partial charge is 0.497 e. The summed E-state index contributed by atoms with van der Waals surface area (Å²) in [6, 6.07) is 0. The lowest BCUT2D eigenvalue weighted by atomic mass is 9.96. The number of hydrogen-bond acceptors (Lipinski definition) is 3. The van der Waals surface area contributed by atoms with Crippen LogP contribution in [0.25, 0.3) is 0 Å². The molecule has 146 valence electrons. The first-order chi connectivity index (χ1) is 12.7. The van der Waals surface area contributed by atoms with E-state index in [4.69, 9.17) is 13.3 Å². The maximum Gasteiger partial charge on any atom is 0.497 e. The van der Waals surface area contributed by atoms with Crippen molar-refractivity contribution in [2.45, 2.75) is 64.3 Å². The molecule has 3 unspecified atom stereocenters. The summed E-state index contributed by atoms with van der Waals surface area (Å²) >= 11 is 0. The topological polar surface area (TPSA) is 27.7 Å².